The van der Waals surface area contributed by atoms with Gasteiger partial charge in [0.1, 0.15) is 42.2 Å². The lowest BCUT2D eigenvalue weighted by molar-refractivity contribution is -0.137. The number of hydrogen-bond donors (Lipinski definition) is 1. The summed E-state index contributed by atoms with van der Waals surface area (Å²) in [5.74, 6) is -0.714. The molecule has 0 radical (unpaired) electrons. The molecule has 2 saturated heterocycles. The average molecular weight is 825 g/mol. The quantitative estimate of drug-likeness (QED) is 0.149. The van der Waals surface area contributed by atoms with Crippen LogP contribution < -0.4 is 24.4 Å². The second-order valence-electron chi connectivity index (χ2n) is 15.1. The van der Waals surface area contributed by atoms with E-state index in [4.69, 9.17) is 35.5 Å². The molecular formula is C42H42ClF5N6O4. The van der Waals surface area contributed by atoms with Gasteiger partial charge < -0.3 is 34.1 Å². The Kier molecular flexibility index (Phi) is 10.3. The van der Waals surface area contributed by atoms with Crippen molar-refractivity contribution in [3.8, 4) is 28.5 Å². The number of fused-ring (bicyclic) bond motifs is 1. The first-order valence-electron chi connectivity index (χ1n) is 18.8. The van der Waals surface area contributed by atoms with Gasteiger partial charge in [0.25, 0.3) is 5.92 Å². The van der Waals surface area contributed by atoms with Crippen molar-refractivity contribution in [3.63, 3.8) is 0 Å². The highest BCUT2D eigenvalue weighted by molar-refractivity contribution is 6.37. The van der Waals surface area contributed by atoms with Gasteiger partial charge in [-0.1, -0.05) is 35.9 Å². The minimum Gasteiger partial charge on any atom is -0.497 e. The number of methoxy groups -OCH3 is 2. The number of aliphatic imine (C=N–C) groups is 1. The van der Waals surface area contributed by atoms with E-state index in [-0.39, 0.29) is 59.9 Å². The molecule has 8 rings (SSSR count). The van der Waals surface area contributed by atoms with Crippen LogP contribution in [0.5, 0.6) is 17.2 Å². The molecule has 58 heavy (non-hydrogen) atoms. The van der Waals surface area contributed by atoms with E-state index >= 15 is 13.2 Å². The van der Waals surface area contributed by atoms with Crippen molar-refractivity contribution in [1.82, 2.24) is 14.8 Å². The molecule has 0 saturated carbocycles. The Balaban J connectivity index is 1.22. The van der Waals surface area contributed by atoms with Crippen LogP contribution in [-0.4, -0.2) is 79.7 Å². The summed E-state index contributed by atoms with van der Waals surface area (Å²) < 4.78 is 98.0. The second kappa shape index (κ2) is 15.1. The number of hydrogen-bond acceptors (Lipinski definition) is 10. The van der Waals surface area contributed by atoms with E-state index in [2.05, 4.69) is 10.3 Å². The van der Waals surface area contributed by atoms with Crippen molar-refractivity contribution in [2.24, 2.45) is 4.99 Å². The van der Waals surface area contributed by atoms with Gasteiger partial charge in [0, 0.05) is 32.1 Å². The molecule has 0 aliphatic carbocycles. The molecule has 1 N–H and O–H groups in total. The molecule has 0 amide bonds. The summed E-state index contributed by atoms with van der Waals surface area (Å²) in [7, 11) is 4.86. The number of aromatic nitrogens is 1. The van der Waals surface area contributed by atoms with E-state index < -0.39 is 28.9 Å². The lowest BCUT2D eigenvalue weighted by Gasteiger charge is -2.31. The van der Waals surface area contributed by atoms with E-state index in [0.29, 0.717) is 54.6 Å². The first-order valence-corrected chi connectivity index (χ1v) is 19.2. The fourth-order valence-corrected chi connectivity index (χ4v) is 8.73. The minimum atomic E-state index is -4.82. The summed E-state index contributed by atoms with van der Waals surface area (Å²) in [5, 5.41) is 3.13. The Bertz CT molecular complexity index is 2220. The molecule has 5 heterocycles. The number of pyridine rings is 1. The van der Waals surface area contributed by atoms with Gasteiger partial charge in [0.05, 0.1) is 60.0 Å². The van der Waals surface area contributed by atoms with Crippen LogP contribution in [0.2, 0.25) is 5.02 Å². The highest BCUT2D eigenvalue weighted by Crippen LogP contribution is 2.50. The van der Waals surface area contributed by atoms with Crippen LogP contribution in [0.4, 0.5) is 33.5 Å². The van der Waals surface area contributed by atoms with Crippen molar-refractivity contribution >= 4 is 28.9 Å². The van der Waals surface area contributed by atoms with Crippen LogP contribution >= 0.6 is 11.6 Å². The average Bonchev–Trinajstić information content (AvgIpc) is 3.63. The summed E-state index contributed by atoms with van der Waals surface area (Å²) in [6.45, 7) is 2.21. The number of halogens is 6. The fourth-order valence-electron chi connectivity index (χ4n) is 8.42. The predicted octanol–water partition coefficient (Wildman–Crippen LogP) is 9.10. The zero-order chi connectivity index (χ0) is 41.0. The molecule has 10 nitrogen and oxygen atoms in total. The fraction of sp³-hybridized carbons (Fsp3) is 0.381. The van der Waals surface area contributed by atoms with Crippen LogP contribution in [0.25, 0.3) is 11.3 Å². The Morgan fingerprint density at radius 3 is 2.26 bits per heavy atom. The SMILES string of the molecule is COc1ccc(CN(Cc2ccc(OC)cc2)c2cc(C)c(C(F)(F)F)c(-c3cc4c5c(c3Cl)NCN=C5N(C)C=C(OC[C@]35CCCN3CC(F)(F)C5)O4)n2)cc1. The van der Waals surface area contributed by atoms with Crippen molar-refractivity contribution in [2.45, 2.75) is 56.9 Å². The molecule has 0 unspecified atom stereocenters. The normalized spacial score (nSPS) is 19.6. The van der Waals surface area contributed by atoms with Gasteiger partial charge in [0.15, 0.2) is 0 Å². The number of nitrogens with zero attached hydrogens (tertiary/aromatic N) is 5. The molecule has 4 aromatic rings. The Labute approximate surface area is 337 Å². The summed E-state index contributed by atoms with van der Waals surface area (Å²) in [5.41, 5.74) is 0.157. The Hall–Kier alpha value is -5.28. The molecule has 16 heteroatoms. The lowest BCUT2D eigenvalue weighted by atomic mass is 9.94. The number of nitrogens with one attached hydrogen (secondary N) is 1. The van der Waals surface area contributed by atoms with Crippen molar-refractivity contribution < 1.29 is 40.9 Å². The molecular weight excluding hydrogens is 783 g/mol. The van der Waals surface area contributed by atoms with Gasteiger partial charge in [-0.15, -0.1) is 0 Å². The van der Waals surface area contributed by atoms with E-state index in [1.807, 2.05) is 53.4 Å². The number of rotatable bonds is 11. The molecule has 4 aliphatic rings. The number of ether oxygens (including phenoxy) is 4. The third-order valence-corrected chi connectivity index (χ3v) is 11.5. The Morgan fingerprint density at radius 1 is 0.983 bits per heavy atom. The van der Waals surface area contributed by atoms with E-state index in [1.54, 1.807) is 37.3 Å². The summed E-state index contributed by atoms with van der Waals surface area (Å²) in [4.78, 5) is 14.7. The van der Waals surface area contributed by atoms with Crippen LogP contribution in [0, 0.1) is 6.92 Å². The molecule has 1 atom stereocenters. The highest BCUT2D eigenvalue weighted by Gasteiger charge is 2.57. The minimum absolute atomic E-state index is 0.00685. The van der Waals surface area contributed by atoms with E-state index in [0.717, 1.165) is 17.5 Å². The highest BCUT2D eigenvalue weighted by atomic mass is 35.5. The number of amidine groups is 1. The molecule has 3 aromatic carbocycles. The second-order valence-corrected chi connectivity index (χ2v) is 15.5. The van der Waals surface area contributed by atoms with Gasteiger partial charge in [-0.05, 0) is 79.4 Å². The van der Waals surface area contributed by atoms with Crippen LogP contribution in [0.15, 0.2) is 77.8 Å². The number of alkyl halides is 5. The first-order chi connectivity index (χ1) is 27.7. The maximum atomic E-state index is 15.2. The molecule has 0 bridgehead atoms. The zero-order valence-electron chi connectivity index (χ0n) is 32.4. The first kappa shape index (κ1) is 39.5. The standard InChI is InChI=1S/C42H42ClF5N6O4/c1-25-16-32(53(18-26-6-10-28(55-3)11-7-26)19-27-8-12-29(56-4)13-9-27)51-37(35(25)42(46,47)48)30-17-31-34-38(36(30)43)49-24-50-39(34)52(2)20-33(58-31)57-23-40-14-5-15-54(40)22-41(44,45)21-40/h6-13,16-17,20,49H,5,14-15,18-19,21-24H2,1-4H3/t40-/m1/s1. The van der Waals surface area contributed by atoms with Crippen molar-refractivity contribution in [3.05, 3.63) is 106 Å². The summed E-state index contributed by atoms with van der Waals surface area (Å²) >= 11 is 7.11. The third kappa shape index (κ3) is 7.57. The molecule has 4 aliphatic heterocycles. The maximum absolute atomic E-state index is 15.2. The zero-order valence-corrected chi connectivity index (χ0v) is 33.1. The van der Waals surface area contributed by atoms with Gasteiger partial charge in [-0.25, -0.2) is 18.8 Å². The summed E-state index contributed by atoms with van der Waals surface area (Å²) in [6, 6.07) is 17.7. The van der Waals surface area contributed by atoms with Gasteiger partial charge in [-0.2, -0.15) is 13.2 Å². The molecule has 306 valence electrons. The third-order valence-electron chi connectivity index (χ3n) is 11.1. The van der Waals surface area contributed by atoms with Gasteiger partial charge in [-0.3, -0.25) is 4.90 Å². The smallest absolute Gasteiger partial charge is 0.418 e. The molecule has 0 spiro atoms. The van der Waals surface area contributed by atoms with Gasteiger partial charge >= 0.3 is 12.1 Å². The number of aryl methyl sites for hydroxylation is 1. The van der Waals surface area contributed by atoms with Crippen LogP contribution in [0.1, 0.15) is 47.1 Å². The number of benzene rings is 3. The van der Waals surface area contributed by atoms with Crippen LogP contribution in [0.3, 0.4) is 0 Å². The Morgan fingerprint density at radius 2 is 1.64 bits per heavy atom. The molecule has 2 fully saturated rings. The summed E-state index contributed by atoms with van der Waals surface area (Å²) in [6.07, 6.45) is -2.31. The largest absolute Gasteiger partial charge is 0.497 e. The van der Waals surface area contributed by atoms with Crippen molar-refractivity contribution in [2.75, 3.05) is 57.8 Å². The number of anilines is 2. The topological polar surface area (TPSA) is 83.9 Å². The van der Waals surface area contributed by atoms with Gasteiger partial charge in [0.2, 0.25) is 0 Å². The molecule has 1 aromatic heterocycles. The van der Waals surface area contributed by atoms with E-state index in [9.17, 15) is 8.78 Å². The monoisotopic (exact) mass is 824 g/mol. The van der Waals surface area contributed by atoms with E-state index in [1.165, 1.54) is 19.1 Å². The van der Waals surface area contributed by atoms with Crippen LogP contribution in [-0.2, 0) is 24.0 Å². The van der Waals surface area contributed by atoms with Crippen molar-refractivity contribution in [1.29, 1.82) is 0 Å². The maximum Gasteiger partial charge on any atom is 0.418 e. The predicted molar refractivity (Wildman–Crippen MR) is 211 cm³/mol. The lowest BCUT2D eigenvalue weighted by Crippen LogP contribution is -2.42.